The molecule has 3 rings (SSSR count). The number of nitrogens with zero attached hydrogens (tertiary/aromatic N) is 3. The van der Waals surface area contributed by atoms with E-state index in [1.165, 1.54) is 0 Å². The molecule has 0 saturated carbocycles. The summed E-state index contributed by atoms with van der Waals surface area (Å²) >= 11 is 1.55. The Balaban J connectivity index is 2.17. The molecule has 0 atom stereocenters. The molecule has 0 unspecified atom stereocenters. The summed E-state index contributed by atoms with van der Waals surface area (Å²) in [5.41, 5.74) is 4.05. The second-order valence-electron chi connectivity index (χ2n) is 4.45. The average Bonchev–Trinajstić information content (AvgIpc) is 2.96. The molecule has 3 aromatic rings. The summed E-state index contributed by atoms with van der Waals surface area (Å²) in [7, 11) is 0. The van der Waals surface area contributed by atoms with Gasteiger partial charge in [0.05, 0.1) is 11.2 Å². The van der Waals surface area contributed by atoms with E-state index in [9.17, 15) is 0 Å². The SMILES string of the molecule is C=N/N=C(\SC)c1ccc2[nH]nc(-c3ccccc3)c2c1. The molecule has 1 N–H and O–H groups in total. The van der Waals surface area contributed by atoms with E-state index in [1.54, 1.807) is 11.8 Å². The van der Waals surface area contributed by atoms with E-state index in [0.717, 1.165) is 32.8 Å². The molecule has 0 aliphatic rings. The Morgan fingerprint density at radius 1 is 1.19 bits per heavy atom. The summed E-state index contributed by atoms with van der Waals surface area (Å²) in [5, 5.41) is 17.1. The van der Waals surface area contributed by atoms with Crippen molar-refractivity contribution >= 4 is 34.4 Å². The molecule has 5 heteroatoms. The molecule has 0 aliphatic carbocycles. The van der Waals surface area contributed by atoms with Gasteiger partial charge in [0.1, 0.15) is 5.04 Å². The number of rotatable bonds is 3. The predicted molar refractivity (Wildman–Crippen MR) is 91.1 cm³/mol. The number of nitrogens with one attached hydrogen (secondary N) is 1. The van der Waals surface area contributed by atoms with Crippen LogP contribution >= 0.6 is 11.8 Å². The molecule has 104 valence electrons. The highest BCUT2D eigenvalue weighted by Gasteiger charge is 2.10. The van der Waals surface area contributed by atoms with E-state index >= 15 is 0 Å². The van der Waals surface area contributed by atoms with Crippen molar-refractivity contribution in [2.75, 3.05) is 6.26 Å². The van der Waals surface area contributed by atoms with Crippen LogP contribution in [0.2, 0.25) is 0 Å². The van der Waals surface area contributed by atoms with Gasteiger partial charge in [-0.1, -0.05) is 36.4 Å². The monoisotopic (exact) mass is 294 g/mol. The minimum absolute atomic E-state index is 0.840. The molecule has 2 aromatic carbocycles. The summed E-state index contributed by atoms with van der Waals surface area (Å²) in [6, 6.07) is 16.2. The molecule has 0 radical (unpaired) electrons. The molecule has 0 spiro atoms. The minimum Gasteiger partial charge on any atom is -0.277 e. The van der Waals surface area contributed by atoms with Gasteiger partial charge in [-0.2, -0.15) is 10.2 Å². The van der Waals surface area contributed by atoms with E-state index in [4.69, 9.17) is 0 Å². The van der Waals surface area contributed by atoms with Gasteiger partial charge in [-0.15, -0.1) is 16.9 Å². The first kappa shape index (κ1) is 13.6. The largest absolute Gasteiger partial charge is 0.277 e. The smallest absolute Gasteiger partial charge is 0.126 e. The fourth-order valence-electron chi connectivity index (χ4n) is 2.24. The number of aromatic nitrogens is 2. The number of H-pyrrole nitrogens is 1. The van der Waals surface area contributed by atoms with Crippen molar-refractivity contribution in [1.82, 2.24) is 10.2 Å². The van der Waals surface area contributed by atoms with Crippen LogP contribution in [-0.2, 0) is 0 Å². The first-order valence-electron chi connectivity index (χ1n) is 6.45. The average molecular weight is 294 g/mol. The van der Waals surface area contributed by atoms with Gasteiger partial charge in [0, 0.05) is 23.2 Å². The summed E-state index contributed by atoms with van der Waals surface area (Å²) in [6.45, 7) is 3.42. The Hall–Kier alpha value is -2.40. The first-order chi connectivity index (χ1) is 10.3. The highest BCUT2D eigenvalue weighted by molar-refractivity contribution is 8.13. The number of fused-ring (bicyclic) bond motifs is 1. The van der Waals surface area contributed by atoms with Gasteiger partial charge in [0.15, 0.2) is 0 Å². The number of hydrogen-bond donors (Lipinski definition) is 1. The first-order valence-corrected chi connectivity index (χ1v) is 7.67. The van der Waals surface area contributed by atoms with Crippen LogP contribution < -0.4 is 0 Å². The van der Waals surface area contributed by atoms with Gasteiger partial charge in [-0.05, 0) is 18.4 Å². The maximum atomic E-state index is 4.43. The number of thioether (sulfide) groups is 1. The van der Waals surface area contributed by atoms with Gasteiger partial charge in [0.25, 0.3) is 0 Å². The van der Waals surface area contributed by atoms with E-state index in [1.807, 2.05) is 36.6 Å². The quantitative estimate of drug-likeness (QED) is 0.451. The third-order valence-electron chi connectivity index (χ3n) is 3.21. The van der Waals surface area contributed by atoms with Gasteiger partial charge in [0.2, 0.25) is 0 Å². The summed E-state index contributed by atoms with van der Waals surface area (Å²) in [5.74, 6) is 0. The van der Waals surface area contributed by atoms with Crippen LogP contribution in [0, 0.1) is 0 Å². The van der Waals surface area contributed by atoms with Gasteiger partial charge in [-0.25, -0.2) is 0 Å². The molecular formula is C16H14N4S. The Labute approximate surface area is 127 Å². The van der Waals surface area contributed by atoms with Crippen molar-refractivity contribution in [3.05, 3.63) is 54.1 Å². The van der Waals surface area contributed by atoms with Crippen molar-refractivity contribution in [3.8, 4) is 11.3 Å². The normalized spacial score (nSPS) is 11.8. The summed E-state index contributed by atoms with van der Waals surface area (Å²) in [6.07, 6.45) is 1.97. The molecule has 0 amide bonds. The molecule has 1 heterocycles. The highest BCUT2D eigenvalue weighted by Crippen LogP contribution is 2.27. The Kier molecular flexibility index (Phi) is 3.83. The lowest BCUT2D eigenvalue weighted by Crippen LogP contribution is -1.93. The van der Waals surface area contributed by atoms with Crippen LogP contribution in [-0.4, -0.2) is 28.2 Å². The number of hydrogen-bond acceptors (Lipinski definition) is 4. The van der Waals surface area contributed by atoms with Crippen LogP contribution in [0.3, 0.4) is 0 Å². The van der Waals surface area contributed by atoms with E-state index in [0.29, 0.717) is 0 Å². The van der Waals surface area contributed by atoms with Crippen LogP contribution in [0.1, 0.15) is 5.56 Å². The maximum absolute atomic E-state index is 4.43. The van der Waals surface area contributed by atoms with Crippen LogP contribution in [0.15, 0.2) is 58.7 Å². The van der Waals surface area contributed by atoms with Crippen LogP contribution in [0.5, 0.6) is 0 Å². The maximum Gasteiger partial charge on any atom is 0.126 e. The van der Waals surface area contributed by atoms with E-state index < -0.39 is 0 Å². The van der Waals surface area contributed by atoms with Crippen molar-refractivity contribution in [2.45, 2.75) is 0 Å². The minimum atomic E-state index is 0.840. The molecule has 1 aromatic heterocycles. The Morgan fingerprint density at radius 2 is 2.00 bits per heavy atom. The third kappa shape index (κ3) is 2.60. The molecule has 0 bridgehead atoms. The molecule has 0 aliphatic heterocycles. The zero-order valence-corrected chi connectivity index (χ0v) is 12.4. The zero-order valence-electron chi connectivity index (χ0n) is 11.6. The lowest BCUT2D eigenvalue weighted by atomic mass is 10.1. The predicted octanol–water partition coefficient (Wildman–Crippen LogP) is 3.96. The topological polar surface area (TPSA) is 53.4 Å². The number of benzene rings is 2. The van der Waals surface area contributed by atoms with Crippen LogP contribution in [0.25, 0.3) is 22.2 Å². The molecule has 0 saturated heterocycles. The lowest BCUT2D eigenvalue weighted by molar-refractivity contribution is 1.12. The Morgan fingerprint density at radius 3 is 2.71 bits per heavy atom. The van der Waals surface area contributed by atoms with E-state index in [-0.39, 0.29) is 0 Å². The van der Waals surface area contributed by atoms with Gasteiger partial charge >= 0.3 is 0 Å². The molecule has 0 fully saturated rings. The molecule has 4 nitrogen and oxygen atoms in total. The highest BCUT2D eigenvalue weighted by atomic mass is 32.2. The standard InChI is InChI=1S/C16H14N4S/c1-17-20-16(21-2)12-8-9-14-13(10-12)15(19-18-14)11-6-4-3-5-7-11/h3-10H,1H2,2H3,(H,18,19)/b20-16-. The Bertz CT molecular complexity index is 806. The number of aromatic amines is 1. The third-order valence-corrected chi connectivity index (χ3v) is 3.92. The van der Waals surface area contributed by atoms with Crippen molar-refractivity contribution in [1.29, 1.82) is 0 Å². The summed E-state index contributed by atoms with van der Waals surface area (Å²) < 4.78 is 0. The van der Waals surface area contributed by atoms with Crippen LogP contribution in [0.4, 0.5) is 0 Å². The second-order valence-corrected chi connectivity index (χ2v) is 5.24. The fraction of sp³-hybridized carbons (Fsp3) is 0.0625. The fourth-order valence-corrected chi connectivity index (χ4v) is 2.75. The van der Waals surface area contributed by atoms with Gasteiger partial charge in [-0.3, -0.25) is 5.10 Å². The lowest BCUT2D eigenvalue weighted by Gasteiger charge is -2.03. The molecule has 21 heavy (non-hydrogen) atoms. The van der Waals surface area contributed by atoms with Crippen molar-refractivity contribution in [3.63, 3.8) is 0 Å². The van der Waals surface area contributed by atoms with Crippen molar-refractivity contribution in [2.24, 2.45) is 10.2 Å². The van der Waals surface area contributed by atoms with E-state index in [2.05, 4.69) is 45.3 Å². The second kappa shape index (κ2) is 5.93. The molecular weight excluding hydrogens is 280 g/mol. The van der Waals surface area contributed by atoms with Crippen molar-refractivity contribution < 1.29 is 0 Å². The summed E-state index contributed by atoms with van der Waals surface area (Å²) in [4.78, 5) is 0. The zero-order chi connectivity index (χ0) is 14.7. The van der Waals surface area contributed by atoms with Gasteiger partial charge < -0.3 is 0 Å².